The summed E-state index contributed by atoms with van der Waals surface area (Å²) >= 11 is 1.42. The Hall–Kier alpha value is -1.24. The van der Waals surface area contributed by atoms with Gasteiger partial charge in [0.05, 0.1) is 18.2 Å². The molecule has 5 nitrogen and oxygen atoms in total. The molecule has 3 heterocycles. The number of H-pyrrole nitrogens is 1. The van der Waals surface area contributed by atoms with Gasteiger partial charge in [-0.2, -0.15) is 0 Å². The molecule has 19 heavy (non-hydrogen) atoms. The number of thiophene rings is 1. The molecule has 0 amide bonds. The number of ether oxygens (including phenoxy) is 1. The summed E-state index contributed by atoms with van der Waals surface area (Å²) in [4.78, 5) is 19.0. The number of nitrogens with one attached hydrogen (secondary N) is 2. The van der Waals surface area contributed by atoms with Gasteiger partial charge in [-0.25, -0.2) is 4.98 Å². The van der Waals surface area contributed by atoms with Gasteiger partial charge in [-0.15, -0.1) is 11.3 Å². The number of rotatable bonds is 5. The number of fused-ring (bicyclic) bond motifs is 1. The van der Waals surface area contributed by atoms with Crippen LogP contribution >= 0.6 is 11.3 Å². The van der Waals surface area contributed by atoms with Gasteiger partial charge >= 0.3 is 0 Å². The van der Waals surface area contributed by atoms with E-state index in [1.54, 1.807) is 0 Å². The molecule has 3 rings (SSSR count). The van der Waals surface area contributed by atoms with Crippen LogP contribution in [0.3, 0.4) is 0 Å². The predicted octanol–water partition coefficient (Wildman–Crippen LogP) is 1.64. The van der Waals surface area contributed by atoms with Crippen LogP contribution in [0.15, 0.2) is 16.2 Å². The summed E-state index contributed by atoms with van der Waals surface area (Å²) in [5.41, 5.74) is 0.737. The van der Waals surface area contributed by atoms with Crippen molar-refractivity contribution < 1.29 is 4.74 Å². The van der Waals surface area contributed by atoms with E-state index in [2.05, 4.69) is 15.3 Å². The minimum Gasteiger partial charge on any atom is -0.378 e. The zero-order valence-electron chi connectivity index (χ0n) is 10.6. The van der Waals surface area contributed by atoms with Crippen molar-refractivity contribution in [3.05, 3.63) is 27.6 Å². The summed E-state index contributed by atoms with van der Waals surface area (Å²) in [5.74, 6) is 0.697. The van der Waals surface area contributed by atoms with E-state index in [4.69, 9.17) is 4.74 Å². The summed E-state index contributed by atoms with van der Waals surface area (Å²) in [6, 6.07) is 1.88. The average Bonchev–Trinajstić information content (AvgIpc) is 3.05. The van der Waals surface area contributed by atoms with Gasteiger partial charge in [0, 0.05) is 6.61 Å². The fraction of sp³-hybridized carbons (Fsp3) is 0.538. The lowest BCUT2D eigenvalue weighted by Gasteiger charge is -2.09. The van der Waals surface area contributed by atoms with E-state index in [1.807, 2.05) is 11.4 Å². The van der Waals surface area contributed by atoms with Crippen molar-refractivity contribution >= 4 is 21.6 Å². The van der Waals surface area contributed by atoms with Crippen LogP contribution in [-0.4, -0.2) is 29.2 Å². The number of hydrogen-bond acceptors (Lipinski definition) is 5. The third kappa shape index (κ3) is 3.02. The van der Waals surface area contributed by atoms with Gasteiger partial charge < -0.3 is 15.0 Å². The molecule has 1 aliphatic heterocycles. The zero-order valence-corrected chi connectivity index (χ0v) is 11.5. The van der Waals surface area contributed by atoms with Crippen molar-refractivity contribution in [2.45, 2.75) is 31.9 Å². The minimum absolute atomic E-state index is 0.0454. The number of nitrogens with zero attached hydrogens (tertiary/aromatic N) is 1. The highest BCUT2D eigenvalue weighted by molar-refractivity contribution is 7.17. The highest BCUT2D eigenvalue weighted by Crippen LogP contribution is 2.15. The molecule has 2 aromatic rings. The summed E-state index contributed by atoms with van der Waals surface area (Å²) in [6.07, 6.45) is 3.76. The van der Waals surface area contributed by atoms with Crippen molar-refractivity contribution in [2.24, 2.45) is 0 Å². The summed E-state index contributed by atoms with van der Waals surface area (Å²) < 4.78 is 6.26. The maximum atomic E-state index is 11.8. The Labute approximate surface area is 115 Å². The maximum Gasteiger partial charge on any atom is 0.268 e. The molecule has 1 aliphatic rings. The molecule has 2 N–H and O–H groups in total. The normalized spacial score (nSPS) is 19.3. The molecule has 1 fully saturated rings. The van der Waals surface area contributed by atoms with E-state index in [1.165, 1.54) is 17.8 Å². The van der Waals surface area contributed by atoms with Crippen molar-refractivity contribution in [3.63, 3.8) is 0 Å². The monoisotopic (exact) mass is 279 g/mol. The molecule has 1 unspecified atom stereocenters. The highest BCUT2D eigenvalue weighted by atomic mass is 32.1. The topological polar surface area (TPSA) is 67.0 Å². The first-order valence-corrected chi connectivity index (χ1v) is 7.49. The Kier molecular flexibility index (Phi) is 3.91. The van der Waals surface area contributed by atoms with Gasteiger partial charge in [-0.1, -0.05) is 0 Å². The van der Waals surface area contributed by atoms with Crippen LogP contribution in [0.25, 0.3) is 10.2 Å². The van der Waals surface area contributed by atoms with Crippen molar-refractivity contribution in [1.29, 1.82) is 0 Å². The molecule has 6 heteroatoms. The Bertz CT molecular complexity index is 601. The molecule has 0 aromatic carbocycles. The molecule has 0 saturated carbocycles. The first-order valence-electron chi connectivity index (χ1n) is 6.61. The van der Waals surface area contributed by atoms with E-state index in [0.29, 0.717) is 23.2 Å². The lowest BCUT2D eigenvalue weighted by molar-refractivity contribution is 0.104. The Morgan fingerprint density at radius 1 is 1.58 bits per heavy atom. The Morgan fingerprint density at radius 2 is 2.53 bits per heavy atom. The second-order valence-corrected chi connectivity index (χ2v) is 5.66. The van der Waals surface area contributed by atoms with Gasteiger partial charge in [0.1, 0.15) is 10.5 Å². The predicted molar refractivity (Wildman–Crippen MR) is 75.5 cm³/mol. The van der Waals surface area contributed by atoms with Crippen LogP contribution in [0, 0.1) is 0 Å². The molecule has 2 aromatic heterocycles. The first-order chi connectivity index (χ1) is 9.33. The lowest BCUT2D eigenvalue weighted by atomic mass is 10.2. The van der Waals surface area contributed by atoms with Crippen LogP contribution in [0.5, 0.6) is 0 Å². The highest BCUT2D eigenvalue weighted by Gasteiger charge is 2.14. The van der Waals surface area contributed by atoms with Crippen LogP contribution in [-0.2, 0) is 11.3 Å². The molecule has 0 aliphatic carbocycles. The van der Waals surface area contributed by atoms with Crippen molar-refractivity contribution in [2.75, 3.05) is 13.2 Å². The van der Waals surface area contributed by atoms with E-state index >= 15 is 0 Å². The van der Waals surface area contributed by atoms with Crippen LogP contribution in [0.4, 0.5) is 0 Å². The fourth-order valence-corrected chi connectivity index (χ4v) is 3.07. The smallest absolute Gasteiger partial charge is 0.268 e. The van der Waals surface area contributed by atoms with Crippen molar-refractivity contribution in [3.8, 4) is 0 Å². The Balaban J connectivity index is 1.54. The SMILES string of the molecule is O=c1[nH]c(CNCCC2CCCO2)nc2ccsc12. The summed E-state index contributed by atoms with van der Waals surface area (Å²) in [6.45, 7) is 2.37. The first kappa shape index (κ1) is 12.8. The van der Waals surface area contributed by atoms with E-state index in [0.717, 1.165) is 31.5 Å². The number of aromatic amines is 1. The third-order valence-corrected chi connectivity index (χ3v) is 4.23. The lowest BCUT2D eigenvalue weighted by Crippen LogP contribution is -2.22. The maximum absolute atomic E-state index is 11.8. The van der Waals surface area contributed by atoms with Gasteiger partial charge in [-0.05, 0) is 37.3 Å². The second kappa shape index (κ2) is 5.81. The van der Waals surface area contributed by atoms with Crippen LogP contribution < -0.4 is 10.9 Å². The fourth-order valence-electron chi connectivity index (χ4n) is 2.35. The quantitative estimate of drug-likeness (QED) is 0.817. The molecule has 0 bridgehead atoms. The van der Waals surface area contributed by atoms with Crippen LogP contribution in [0.1, 0.15) is 25.1 Å². The van der Waals surface area contributed by atoms with Gasteiger partial charge in [0.15, 0.2) is 0 Å². The second-order valence-electron chi connectivity index (χ2n) is 4.75. The Morgan fingerprint density at radius 3 is 3.37 bits per heavy atom. The molecule has 102 valence electrons. The molecular formula is C13H17N3O2S. The molecular weight excluding hydrogens is 262 g/mol. The van der Waals surface area contributed by atoms with Gasteiger partial charge in [-0.3, -0.25) is 4.79 Å². The van der Waals surface area contributed by atoms with E-state index < -0.39 is 0 Å². The minimum atomic E-state index is -0.0454. The van der Waals surface area contributed by atoms with Gasteiger partial charge in [0.2, 0.25) is 0 Å². The third-order valence-electron chi connectivity index (χ3n) is 3.32. The number of hydrogen-bond donors (Lipinski definition) is 2. The van der Waals surface area contributed by atoms with E-state index in [9.17, 15) is 4.79 Å². The molecule has 1 saturated heterocycles. The van der Waals surface area contributed by atoms with E-state index in [-0.39, 0.29) is 5.56 Å². The summed E-state index contributed by atoms with van der Waals surface area (Å²) in [7, 11) is 0. The summed E-state index contributed by atoms with van der Waals surface area (Å²) in [5, 5.41) is 5.19. The average molecular weight is 279 g/mol. The molecule has 1 atom stereocenters. The zero-order chi connectivity index (χ0) is 13.1. The largest absolute Gasteiger partial charge is 0.378 e. The van der Waals surface area contributed by atoms with Gasteiger partial charge in [0.25, 0.3) is 5.56 Å². The standard InChI is InChI=1S/C13H17N3O2S/c17-13-12-10(4-7-19-12)15-11(16-13)8-14-5-3-9-2-1-6-18-9/h4,7,9,14H,1-3,5-6,8H2,(H,15,16,17). The molecule has 0 radical (unpaired) electrons. The number of aromatic nitrogens is 2. The van der Waals surface area contributed by atoms with Crippen molar-refractivity contribution in [1.82, 2.24) is 15.3 Å². The molecule has 0 spiro atoms. The van der Waals surface area contributed by atoms with Crippen LogP contribution in [0.2, 0.25) is 0 Å².